The zero-order chi connectivity index (χ0) is 23.9. The number of benzene rings is 4. The number of rotatable bonds is 8. The number of nitrogens with one attached hydrogen (secondary N) is 4. The predicted octanol–water partition coefficient (Wildman–Crippen LogP) is 7.50. The smallest absolute Gasteiger partial charge is 0.233 e. The molecule has 0 radical (unpaired) electrons. The molecule has 0 bridgehead atoms. The summed E-state index contributed by atoms with van der Waals surface area (Å²) in [7, 11) is 0. The topological polar surface area (TPSA) is 86.8 Å². The zero-order valence-corrected chi connectivity index (χ0v) is 19.4. The zero-order valence-electron chi connectivity index (χ0n) is 18.6. The third-order valence-corrected chi connectivity index (χ3v) is 5.18. The second-order valence-corrected chi connectivity index (χ2v) is 7.98. The number of hydrogen-bond acceptors (Lipinski definition) is 7. The van der Waals surface area contributed by atoms with Crippen molar-refractivity contribution in [3.8, 4) is 0 Å². The van der Waals surface area contributed by atoms with Gasteiger partial charge < -0.3 is 21.3 Å². The molecule has 172 valence electrons. The Morgan fingerprint density at radius 1 is 0.371 bits per heavy atom. The lowest BCUT2D eigenvalue weighted by Gasteiger charge is -2.11. The van der Waals surface area contributed by atoms with E-state index in [1.54, 1.807) is 0 Å². The van der Waals surface area contributed by atoms with E-state index in [1.165, 1.54) is 0 Å². The first-order chi connectivity index (χ1) is 17.2. The van der Waals surface area contributed by atoms with Gasteiger partial charge in [0.1, 0.15) is 0 Å². The SMILES string of the molecule is Clc1nc(Nc2ccc(Nc3ccccc3)cc2)nc(Nc2ccc(Nc3ccccc3)cc2)n1. The van der Waals surface area contributed by atoms with Crippen LogP contribution in [0, 0.1) is 0 Å². The summed E-state index contributed by atoms with van der Waals surface area (Å²) >= 11 is 6.15. The van der Waals surface area contributed by atoms with Gasteiger partial charge in [0.05, 0.1) is 0 Å². The highest BCUT2D eigenvalue weighted by atomic mass is 35.5. The van der Waals surface area contributed by atoms with Gasteiger partial charge in [-0.3, -0.25) is 0 Å². The Bertz CT molecular complexity index is 1270. The summed E-state index contributed by atoms with van der Waals surface area (Å²) in [5, 5.41) is 13.1. The third kappa shape index (κ3) is 6.25. The van der Waals surface area contributed by atoms with Crippen LogP contribution < -0.4 is 21.3 Å². The number of nitrogens with zero attached hydrogens (tertiary/aromatic N) is 3. The Kier molecular flexibility index (Phi) is 6.68. The molecular formula is C27H22ClN7. The van der Waals surface area contributed by atoms with Crippen LogP contribution in [-0.4, -0.2) is 15.0 Å². The number of para-hydroxylation sites is 2. The molecule has 0 atom stereocenters. The standard InChI is InChI=1S/C27H22ClN7/c28-25-33-26(31-23-15-11-21(12-16-23)29-19-7-3-1-4-8-19)35-27(34-25)32-24-17-13-22(14-18-24)30-20-9-5-2-6-10-20/h1-18,29-30H,(H2,31,32,33,34,35). The minimum Gasteiger partial charge on any atom is -0.356 e. The Labute approximate surface area is 208 Å². The number of aromatic nitrogens is 3. The van der Waals surface area contributed by atoms with Gasteiger partial charge in [0.15, 0.2) is 0 Å². The molecule has 0 amide bonds. The van der Waals surface area contributed by atoms with Crippen molar-refractivity contribution >= 4 is 57.6 Å². The second-order valence-electron chi connectivity index (χ2n) is 7.64. The highest BCUT2D eigenvalue weighted by Crippen LogP contribution is 2.23. The molecule has 5 rings (SSSR count). The fourth-order valence-corrected chi connectivity index (χ4v) is 3.53. The fourth-order valence-electron chi connectivity index (χ4n) is 3.37. The summed E-state index contributed by atoms with van der Waals surface area (Å²) in [5.41, 5.74) is 5.65. The van der Waals surface area contributed by atoms with Gasteiger partial charge in [0.25, 0.3) is 0 Å². The lowest BCUT2D eigenvalue weighted by Crippen LogP contribution is -2.04. The highest BCUT2D eigenvalue weighted by Gasteiger charge is 2.07. The average molecular weight is 480 g/mol. The monoisotopic (exact) mass is 479 g/mol. The molecule has 0 saturated carbocycles. The van der Waals surface area contributed by atoms with Gasteiger partial charge in [-0.05, 0) is 84.4 Å². The molecule has 35 heavy (non-hydrogen) atoms. The van der Waals surface area contributed by atoms with Crippen LogP contribution >= 0.6 is 11.6 Å². The van der Waals surface area contributed by atoms with E-state index in [0.717, 1.165) is 34.1 Å². The summed E-state index contributed by atoms with van der Waals surface area (Å²) in [4.78, 5) is 12.8. The van der Waals surface area contributed by atoms with Crippen molar-refractivity contribution < 1.29 is 0 Å². The van der Waals surface area contributed by atoms with Crippen LogP contribution in [-0.2, 0) is 0 Å². The van der Waals surface area contributed by atoms with Crippen LogP contribution in [0.3, 0.4) is 0 Å². The molecule has 4 aromatic carbocycles. The van der Waals surface area contributed by atoms with E-state index < -0.39 is 0 Å². The summed E-state index contributed by atoms with van der Waals surface area (Å²) in [6.07, 6.45) is 0. The van der Waals surface area contributed by atoms with Gasteiger partial charge >= 0.3 is 0 Å². The third-order valence-electron chi connectivity index (χ3n) is 5.02. The van der Waals surface area contributed by atoms with E-state index in [1.807, 2.05) is 109 Å². The maximum Gasteiger partial charge on any atom is 0.233 e. The predicted molar refractivity (Wildman–Crippen MR) is 144 cm³/mol. The van der Waals surface area contributed by atoms with E-state index >= 15 is 0 Å². The van der Waals surface area contributed by atoms with Gasteiger partial charge in [-0.2, -0.15) is 15.0 Å². The average Bonchev–Trinajstić information content (AvgIpc) is 2.87. The van der Waals surface area contributed by atoms with Crippen molar-refractivity contribution in [2.24, 2.45) is 0 Å². The molecule has 0 aliphatic heterocycles. The van der Waals surface area contributed by atoms with Crippen molar-refractivity contribution in [3.05, 3.63) is 114 Å². The number of hydrogen-bond donors (Lipinski definition) is 4. The molecule has 0 unspecified atom stereocenters. The number of anilines is 8. The minimum atomic E-state index is 0.0923. The second kappa shape index (κ2) is 10.5. The molecule has 0 spiro atoms. The molecule has 0 aliphatic carbocycles. The van der Waals surface area contributed by atoms with Crippen LogP contribution in [0.1, 0.15) is 0 Å². The Morgan fingerprint density at radius 3 is 1.06 bits per heavy atom. The summed E-state index contributed by atoms with van der Waals surface area (Å²) in [5.74, 6) is 0.692. The molecule has 0 fully saturated rings. The summed E-state index contributed by atoms with van der Waals surface area (Å²) < 4.78 is 0. The van der Waals surface area contributed by atoms with Crippen LogP contribution in [0.15, 0.2) is 109 Å². The maximum atomic E-state index is 6.15. The van der Waals surface area contributed by atoms with Crippen molar-refractivity contribution in [1.82, 2.24) is 15.0 Å². The minimum absolute atomic E-state index is 0.0923. The van der Waals surface area contributed by atoms with E-state index in [2.05, 4.69) is 36.2 Å². The first kappa shape index (κ1) is 22.2. The molecule has 1 heterocycles. The van der Waals surface area contributed by atoms with Crippen LogP contribution in [0.25, 0.3) is 0 Å². The molecule has 5 aromatic rings. The van der Waals surface area contributed by atoms with Crippen LogP contribution in [0.2, 0.25) is 5.28 Å². The summed E-state index contributed by atoms with van der Waals surface area (Å²) in [6, 6.07) is 35.6. The van der Waals surface area contributed by atoms with Crippen molar-refractivity contribution in [2.75, 3.05) is 21.3 Å². The molecule has 7 nitrogen and oxygen atoms in total. The molecule has 8 heteroatoms. The molecule has 4 N–H and O–H groups in total. The quantitative estimate of drug-likeness (QED) is 0.183. The van der Waals surface area contributed by atoms with Gasteiger partial charge in [-0.25, -0.2) is 0 Å². The van der Waals surface area contributed by atoms with Crippen LogP contribution in [0.5, 0.6) is 0 Å². The van der Waals surface area contributed by atoms with E-state index in [9.17, 15) is 0 Å². The molecular weight excluding hydrogens is 458 g/mol. The van der Waals surface area contributed by atoms with Crippen LogP contribution in [0.4, 0.5) is 46.0 Å². The molecule has 1 aromatic heterocycles. The number of halogens is 1. The van der Waals surface area contributed by atoms with Gasteiger partial charge in [-0.15, -0.1) is 0 Å². The van der Waals surface area contributed by atoms with E-state index in [0.29, 0.717) is 11.9 Å². The van der Waals surface area contributed by atoms with Gasteiger partial charge in [0, 0.05) is 34.1 Å². The first-order valence-corrected chi connectivity index (χ1v) is 11.4. The summed E-state index contributed by atoms with van der Waals surface area (Å²) in [6.45, 7) is 0. The van der Waals surface area contributed by atoms with E-state index in [4.69, 9.17) is 11.6 Å². The Balaban J connectivity index is 1.23. The largest absolute Gasteiger partial charge is 0.356 e. The lowest BCUT2D eigenvalue weighted by atomic mass is 10.2. The van der Waals surface area contributed by atoms with E-state index in [-0.39, 0.29) is 5.28 Å². The van der Waals surface area contributed by atoms with Crippen molar-refractivity contribution in [2.45, 2.75) is 0 Å². The lowest BCUT2D eigenvalue weighted by molar-refractivity contribution is 1.06. The van der Waals surface area contributed by atoms with Gasteiger partial charge in [0.2, 0.25) is 17.2 Å². The molecule has 0 saturated heterocycles. The fraction of sp³-hybridized carbons (Fsp3) is 0. The molecule has 0 aliphatic rings. The maximum absolute atomic E-state index is 6.15. The Hall–Kier alpha value is -4.62. The Morgan fingerprint density at radius 2 is 0.686 bits per heavy atom. The first-order valence-electron chi connectivity index (χ1n) is 11.0. The van der Waals surface area contributed by atoms with Gasteiger partial charge in [-0.1, -0.05) is 36.4 Å². The van der Waals surface area contributed by atoms with Crippen molar-refractivity contribution in [3.63, 3.8) is 0 Å². The highest BCUT2D eigenvalue weighted by molar-refractivity contribution is 6.28. The van der Waals surface area contributed by atoms with Crippen molar-refractivity contribution in [1.29, 1.82) is 0 Å². The normalized spacial score (nSPS) is 10.4.